The zero-order valence-corrected chi connectivity index (χ0v) is 25.4. The number of halogens is 1. The van der Waals surface area contributed by atoms with Crippen molar-refractivity contribution >= 4 is 11.8 Å². The molecule has 3 aromatic rings. The molecule has 0 radical (unpaired) electrons. The van der Waals surface area contributed by atoms with Crippen LogP contribution in [0.3, 0.4) is 0 Å². The summed E-state index contributed by atoms with van der Waals surface area (Å²) in [4.78, 5) is 39.2. The molecule has 1 saturated heterocycles. The summed E-state index contributed by atoms with van der Waals surface area (Å²) in [6.07, 6.45) is 5.40. The number of rotatable bonds is 7. The normalized spacial score (nSPS) is 19.5. The highest BCUT2D eigenvalue weighted by Crippen LogP contribution is 2.42. The third-order valence-corrected chi connectivity index (χ3v) is 8.42. The Labute approximate surface area is 251 Å². The number of nitrogens with zero attached hydrogens (tertiary/aromatic N) is 2. The van der Waals surface area contributed by atoms with Crippen molar-refractivity contribution in [1.29, 1.82) is 0 Å². The lowest BCUT2D eigenvalue weighted by molar-refractivity contribution is -0.152. The Morgan fingerprint density at radius 2 is 1.51 bits per heavy atom. The molecule has 1 aliphatic carbocycles. The van der Waals surface area contributed by atoms with Crippen molar-refractivity contribution in [3.05, 3.63) is 75.5 Å². The number of aryl methyl sites for hydroxylation is 3. The van der Waals surface area contributed by atoms with E-state index >= 15 is 0 Å². The molecule has 9 heteroatoms. The van der Waals surface area contributed by atoms with E-state index in [0.717, 1.165) is 0 Å². The van der Waals surface area contributed by atoms with E-state index < -0.39 is 5.60 Å². The molecule has 2 fully saturated rings. The number of carbonyl (C=O) groups excluding carboxylic acids is 2. The van der Waals surface area contributed by atoms with Crippen LogP contribution in [0.2, 0.25) is 0 Å². The van der Waals surface area contributed by atoms with Gasteiger partial charge in [-0.2, -0.15) is 0 Å². The van der Waals surface area contributed by atoms with Gasteiger partial charge in [0, 0.05) is 49.3 Å². The van der Waals surface area contributed by atoms with Crippen molar-refractivity contribution < 1.29 is 28.6 Å². The Morgan fingerprint density at radius 3 is 2.12 bits per heavy atom. The van der Waals surface area contributed by atoms with Crippen molar-refractivity contribution in [2.45, 2.75) is 90.4 Å². The number of piperidine rings is 1. The number of pyridine rings is 1. The third-order valence-electron chi connectivity index (χ3n) is 8.42. The monoisotopic (exact) mass is 590 g/mol. The van der Waals surface area contributed by atoms with E-state index in [2.05, 4.69) is 0 Å². The van der Waals surface area contributed by atoms with E-state index in [1.165, 1.54) is 27.7 Å². The van der Waals surface area contributed by atoms with Crippen LogP contribution in [0.5, 0.6) is 17.2 Å². The van der Waals surface area contributed by atoms with E-state index in [1.54, 1.807) is 53.1 Å². The Kier molecular flexibility index (Phi) is 8.47. The fraction of sp³-hybridized carbons (Fsp3) is 0.441. The summed E-state index contributed by atoms with van der Waals surface area (Å²) in [5.41, 5.74) is 1.71. The van der Waals surface area contributed by atoms with Gasteiger partial charge in [-0.15, -0.1) is 0 Å². The van der Waals surface area contributed by atoms with Gasteiger partial charge in [0.1, 0.15) is 23.1 Å². The predicted molar refractivity (Wildman–Crippen MR) is 161 cm³/mol. The van der Waals surface area contributed by atoms with Crippen LogP contribution in [0.15, 0.2) is 47.4 Å². The SMILES string of the molecule is Cc1cc(F)cc(C)c1Oc1ccc(C(C)(C)O)cc1-c1cn(C)c(=O)cc1OC1CCC(N2C(=O)CCCC2=O)CC1. The highest BCUT2D eigenvalue weighted by atomic mass is 19.1. The van der Waals surface area contributed by atoms with Crippen LogP contribution in [0.25, 0.3) is 11.1 Å². The lowest BCUT2D eigenvalue weighted by Crippen LogP contribution is -2.49. The molecule has 2 aromatic carbocycles. The number of hydrogen-bond acceptors (Lipinski definition) is 6. The van der Waals surface area contributed by atoms with Gasteiger partial charge < -0.3 is 19.1 Å². The molecule has 0 spiro atoms. The zero-order valence-electron chi connectivity index (χ0n) is 25.4. The van der Waals surface area contributed by atoms with Gasteiger partial charge in [0.05, 0.1) is 11.7 Å². The molecule has 2 heterocycles. The third kappa shape index (κ3) is 6.51. The second kappa shape index (κ2) is 12.0. The number of carbonyl (C=O) groups is 2. The second-order valence-electron chi connectivity index (χ2n) is 12.3. The van der Waals surface area contributed by atoms with Gasteiger partial charge >= 0.3 is 0 Å². The van der Waals surface area contributed by atoms with Crippen LogP contribution < -0.4 is 15.0 Å². The fourth-order valence-electron chi connectivity index (χ4n) is 6.07. The van der Waals surface area contributed by atoms with E-state index in [-0.39, 0.29) is 35.3 Å². The predicted octanol–water partition coefficient (Wildman–Crippen LogP) is 6.06. The highest BCUT2D eigenvalue weighted by Gasteiger charge is 2.35. The van der Waals surface area contributed by atoms with Gasteiger partial charge in [0.15, 0.2) is 0 Å². The van der Waals surface area contributed by atoms with Crippen molar-refractivity contribution in [2.75, 3.05) is 0 Å². The van der Waals surface area contributed by atoms with Gasteiger partial charge in [-0.1, -0.05) is 6.07 Å². The first-order valence-corrected chi connectivity index (χ1v) is 14.9. The number of aliphatic hydroxyl groups is 1. The maximum absolute atomic E-state index is 14.0. The van der Waals surface area contributed by atoms with Gasteiger partial charge in [-0.25, -0.2) is 4.39 Å². The number of amides is 2. The molecule has 1 saturated carbocycles. The average Bonchev–Trinajstić information content (AvgIpc) is 2.93. The van der Waals surface area contributed by atoms with Crippen LogP contribution in [0.1, 0.15) is 75.5 Å². The van der Waals surface area contributed by atoms with E-state index in [4.69, 9.17) is 9.47 Å². The summed E-state index contributed by atoms with van der Waals surface area (Å²) in [6.45, 7) is 6.93. The molecule has 0 atom stereocenters. The molecule has 1 N–H and O–H groups in total. The summed E-state index contributed by atoms with van der Waals surface area (Å²) in [5.74, 6) is 0.811. The lowest BCUT2D eigenvalue weighted by atomic mass is 9.90. The van der Waals surface area contributed by atoms with Crippen LogP contribution >= 0.6 is 0 Å². The van der Waals surface area contributed by atoms with Gasteiger partial charge in [-0.3, -0.25) is 19.3 Å². The topological polar surface area (TPSA) is 98.1 Å². The molecular formula is C34H39FN2O6. The van der Waals surface area contributed by atoms with Crippen molar-refractivity contribution in [1.82, 2.24) is 9.47 Å². The van der Waals surface area contributed by atoms with E-state index in [0.29, 0.717) is 90.0 Å². The smallest absolute Gasteiger partial charge is 0.254 e. The summed E-state index contributed by atoms with van der Waals surface area (Å²) >= 11 is 0. The molecule has 2 amide bonds. The van der Waals surface area contributed by atoms with Crippen LogP contribution in [0, 0.1) is 19.7 Å². The molecule has 2 aliphatic rings. The molecule has 1 aliphatic heterocycles. The van der Waals surface area contributed by atoms with Crippen molar-refractivity contribution in [3.63, 3.8) is 0 Å². The number of ether oxygens (including phenoxy) is 2. The summed E-state index contributed by atoms with van der Waals surface area (Å²) in [5, 5.41) is 10.8. The maximum Gasteiger partial charge on any atom is 0.254 e. The molecule has 5 rings (SSSR count). The quantitative estimate of drug-likeness (QED) is 0.336. The summed E-state index contributed by atoms with van der Waals surface area (Å²) < 4.78 is 28.4. The van der Waals surface area contributed by atoms with Crippen LogP contribution in [0.4, 0.5) is 4.39 Å². The Bertz CT molecular complexity index is 1580. The summed E-state index contributed by atoms with van der Waals surface area (Å²) in [7, 11) is 1.65. The number of imide groups is 1. The van der Waals surface area contributed by atoms with Gasteiger partial charge in [-0.05, 0) is 101 Å². The minimum atomic E-state index is -1.15. The van der Waals surface area contributed by atoms with Crippen LogP contribution in [-0.4, -0.2) is 38.5 Å². The van der Waals surface area contributed by atoms with E-state index in [9.17, 15) is 23.9 Å². The largest absolute Gasteiger partial charge is 0.490 e. The number of hydrogen-bond donors (Lipinski definition) is 1. The minimum Gasteiger partial charge on any atom is -0.490 e. The Hall–Kier alpha value is -3.98. The fourth-order valence-corrected chi connectivity index (χ4v) is 6.07. The molecule has 0 bridgehead atoms. The van der Waals surface area contributed by atoms with E-state index in [1.807, 2.05) is 6.07 Å². The lowest BCUT2D eigenvalue weighted by Gasteiger charge is -2.37. The maximum atomic E-state index is 14.0. The zero-order chi connectivity index (χ0) is 31.1. The van der Waals surface area contributed by atoms with Crippen molar-refractivity contribution in [2.24, 2.45) is 7.05 Å². The molecule has 228 valence electrons. The van der Waals surface area contributed by atoms with Crippen LogP contribution in [-0.2, 0) is 22.2 Å². The first-order chi connectivity index (χ1) is 20.3. The van der Waals surface area contributed by atoms with Crippen molar-refractivity contribution in [3.8, 4) is 28.4 Å². The first kappa shape index (κ1) is 30.5. The number of benzene rings is 2. The molecule has 8 nitrogen and oxygen atoms in total. The van der Waals surface area contributed by atoms with Gasteiger partial charge in [0.25, 0.3) is 5.56 Å². The standard InChI is InChI=1S/C34H39FN2O6/c1-20-15-23(35)16-21(2)33(20)43-28-14-9-22(34(3,4)41)17-26(28)27-19-36(5)32(40)18-29(27)42-25-12-10-24(11-13-25)37-30(38)7-6-8-31(37)39/h9,14-19,24-25,41H,6-8,10-13H2,1-5H3. The second-order valence-corrected chi connectivity index (χ2v) is 12.3. The average molecular weight is 591 g/mol. The molecule has 1 aromatic heterocycles. The minimum absolute atomic E-state index is 0.0969. The Balaban J connectivity index is 1.49. The van der Waals surface area contributed by atoms with Gasteiger partial charge in [0.2, 0.25) is 11.8 Å². The molecule has 0 unspecified atom stereocenters. The molecular weight excluding hydrogens is 551 g/mol. The number of aromatic nitrogens is 1. The summed E-state index contributed by atoms with van der Waals surface area (Å²) in [6, 6.07) is 9.51. The Morgan fingerprint density at radius 1 is 0.884 bits per heavy atom. The first-order valence-electron chi connectivity index (χ1n) is 14.9. The highest BCUT2D eigenvalue weighted by molar-refractivity contribution is 5.97. The number of likely N-dealkylation sites (tertiary alicyclic amines) is 1. The molecule has 43 heavy (non-hydrogen) atoms.